The topological polar surface area (TPSA) is 81.9 Å². The first-order valence-corrected chi connectivity index (χ1v) is 7.35. The molecule has 114 valence electrons. The SMILES string of the molecule is C/C(=N\NC(=O)Cc1ccc(Br)cc1)c1ccc(O)cc1O. The van der Waals surface area contributed by atoms with Crippen LogP contribution in [0.25, 0.3) is 0 Å². The lowest BCUT2D eigenvalue weighted by atomic mass is 10.1. The molecule has 1 amide bonds. The van der Waals surface area contributed by atoms with Gasteiger partial charge in [0, 0.05) is 16.1 Å². The van der Waals surface area contributed by atoms with Crippen LogP contribution < -0.4 is 5.43 Å². The van der Waals surface area contributed by atoms with Crippen LogP contribution in [0.15, 0.2) is 52.0 Å². The Morgan fingerprint density at radius 3 is 2.50 bits per heavy atom. The number of hydrogen-bond acceptors (Lipinski definition) is 4. The first-order chi connectivity index (χ1) is 10.5. The van der Waals surface area contributed by atoms with Crippen molar-refractivity contribution in [3.63, 3.8) is 0 Å². The maximum absolute atomic E-state index is 11.8. The predicted octanol–water partition coefficient (Wildman–Crippen LogP) is 2.94. The van der Waals surface area contributed by atoms with Gasteiger partial charge in [-0.15, -0.1) is 0 Å². The monoisotopic (exact) mass is 362 g/mol. The van der Waals surface area contributed by atoms with E-state index in [-0.39, 0.29) is 23.8 Å². The van der Waals surface area contributed by atoms with Gasteiger partial charge in [-0.25, -0.2) is 5.43 Å². The maximum atomic E-state index is 11.8. The number of carbonyl (C=O) groups is 1. The van der Waals surface area contributed by atoms with Gasteiger partial charge < -0.3 is 10.2 Å². The molecule has 0 atom stereocenters. The fraction of sp³-hybridized carbons (Fsp3) is 0.125. The highest BCUT2D eigenvalue weighted by molar-refractivity contribution is 9.10. The van der Waals surface area contributed by atoms with Gasteiger partial charge in [0.25, 0.3) is 0 Å². The zero-order valence-corrected chi connectivity index (χ0v) is 13.5. The van der Waals surface area contributed by atoms with E-state index in [4.69, 9.17) is 0 Å². The standard InChI is InChI=1S/C16H15BrN2O3/c1-10(14-7-6-13(20)9-15(14)21)18-19-16(22)8-11-2-4-12(17)5-3-11/h2-7,9,20-21H,8H2,1H3,(H,19,22)/b18-10+. The van der Waals surface area contributed by atoms with Crippen LogP contribution in [0.5, 0.6) is 11.5 Å². The molecular formula is C16H15BrN2O3. The number of nitrogens with one attached hydrogen (secondary N) is 1. The molecule has 0 aliphatic heterocycles. The number of hydrazone groups is 1. The van der Waals surface area contributed by atoms with E-state index in [9.17, 15) is 15.0 Å². The van der Waals surface area contributed by atoms with Crippen LogP contribution in [0.4, 0.5) is 0 Å². The summed E-state index contributed by atoms with van der Waals surface area (Å²) in [5, 5.41) is 22.9. The number of aromatic hydroxyl groups is 2. The second-order valence-electron chi connectivity index (χ2n) is 4.74. The van der Waals surface area contributed by atoms with Crippen molar-refractivity contribution in [2.45, 2.75) is 13.3 Å². The van der Waals surface area contributed by atoms with Crippen molar-refractivity contribution in [1.82, 2.24) is 5.43 Å². The number of hydrogen-bond donors (Lipinski definition) is 3. The number of phenols is 2. The summed E-state index contributed by atoms with van der Waals surface area (Å²) in [6.45, 7) is 1.66. The predicted molar refractivity (Wildman–Crippen MR) is 88.0 cm³/mol. The van der Waals surface area contributed by atoms with Gasteiger partial charge in [-0.3, -0.25) is 4.79 Å². The van der Waals surface area contributed by atoms with Gasteiger partial charge in [-0.05, 0) is 36.8 Å². The number of nitrogens with zero attached hydrogens (tertiary/aromatic N) is 1. The molecule has 0 aliphatic carbocycles. The summed E-state index contributed by atoms with van der Waals surface area (Å²) in [7, 11) is 0. The number of halogens is 1. The Kier molecular flexibility index (Phi) is 5.16. The van der Waals surface area contributed by atoms with Gasteiger partial charge in [0.1, 0.15) is 11.5 Å². The molecule has 0 saturated heterocycles. The Morgan fingerprint density at radius 1 is 1.18 bits per heavy atom. The first kappa shape index (κ1) is 16.0. The molecule has 6 heteroatoms. The van der Waals surface area contributed by atoms with E-state index in [1.54, 1.807) is 6.92 Å². The number of phenolic OH excluding ortho intramolecular Hbond substituents is 2. The summed E-state index contributed by atoms with van der Waals surface area (Å²) in [6.07, 6.45) is 0.214. The normalized spacial score (nSPS) is 11.3. The quantitative estimate of drug-likeness (QED) is 0.577. The van der Waals surface area contributed by atoms with Crippen LogP contribution in [0.2, 0.25) is 0 Å². The second-order valence-corrected chi connectivity index (χ2v) is 5.65. The van der Waals surface area contributed by atoms with Gasteiger partial charge in [0.2, 0.25) is 5.91 Å². The van der Waals surface area contributed by atoms with Gasteiger partial charge in [-0.1, -0.05) is 28.1 Å². The average Bonchev–Trinajstić information content (AvgIpc) is 2.47. The lowest BCUT2D eigenvalue weighted by Gasteiger charge is -2.06. The molecular weight excluding hydrogens is 348 g/mol. The van der Waals surface area contributed by atoms with Crippen molar-refractivity contribution in [3.05, 3.63) is 58.1 Å². The maximum Gasteiger partial charge on any atom is 0.244 e. The van der Waals surface area contributed by atoms with Crippen LogP contribution in [0.3, 0.4) is 0 Å². The minimum atomic E-state index is -0.250. The lowest BCUT2D eigenvalue weighted by molar-refractivity contribution is -0.120. The molecule has 0 unspecified atom stereocenters. The highest BCUT2D eigenvalue weighted by Gasteiger charge is 2.07. The summed E-state index contributed by atoms with van der Waals surface area (Å²) in [5.74, 6) is -0.378. The van der Waals surface area contributed by atoms with Crippen molar-refractivity contribution in [3.8, 4) is 11.5 Å². The lowest BCUT2D eigenvalue weighted by Crippen LogP contribution is -2.21. The zero-order chi connectivity index (χ0) is 16.1. The zero-order valence-electron chi connectivity index (χ0n) is 11.9. The van der Waals surface area contributed by atoms with Crippen molar-refractivity contribution >= 4 is 27.5 Å². The van der Waals surface area contributed by atoms with Gasteiger partial charge in [-0.2, -0.15) is 5.10 Å². The highest BCUT2D eigenvalue weighted by Crippen LogP contribution is 2.22. The molecule has 3 N–H and O–H groups in total. The Hall–Kier alpha value is -2.34. The summed E-state index contributed by atoms with van der Waals surface area (Å²) < 4.78 is 0.952. The largest absolute Gasteiger partial charge is 0.508 e. The number of benzene rings is 2. The van der Waals surface area contributed by atoms with Crippen LogP contribution in [-0.2, 0) is 11.2 Å². The Labute approximate surface area is 136 Å². The van der Waals surface area contributed by atoms with E-state index in [0.717, 1.165) is 10.0 Å². The van der Waals surface area contributed by atoms with Gasteiger partial charge in [0.05, 0.1) is 12.1 Å². The minimum Gasteiger partial charge on any atom is -0.508 e. The molecule has 5 nitrogen and oxygen atoms in total. The second kappa shape index (κ2) is 7.09. The number of rotatable bonds is 4. The number of amides is 1. The van der Waals surface area contributed by atoms with E-state index in [2.05, 4.69) is 26.5 Å². The Morgan fingerprint density at radius 2 is 1.86 bits per heavy atom. The fourth-order valence-corrected chi connectivity index (χ4v) is 2.12. The van der Waals surface area contributed by atoms with Crippen LogP contribution in [0, 0.1) is 0 Å². The van der Waals surface area contributed by atoms with E-state index in [1.807, 2.05) is 24.3 Å². The molecule has 0 bridgehead atoms. The van der Waals surface area contributed by atoms with Crippen molar-refractivity contribution < 1.29 is 15.0 Å². The third-order valence-electron chi connectivity index (χ3n) is 3.00. The number of carbonyl (C=O) groups excluding carboxylic acids is 1. The average molecular weight is 363 g/mol. The first-order valence-electron chi connectivity index (χ1n) is 6.55. The van der Waals surface area contributed by atoms with Crippen molar-refractivity contribution in [2.75, 3.05) is 0 Å². The molecule has 0 heterocycles. The van der Waals surface area contributed by atoms with E-state index in [0.29, 0.717) is 11.3 Å². The molecule has 22 heavy (non-hydrogen) atoms. The Balaban J connectivity index is 2.00. The highest BCUT2D eigenvalue weighted by atomic mass is 79.9. The molecule has 0 fully saturated rings. The molecule has 2 aromatic rings. The third kappa shape index (κ3) is 4.33. The minimum absolute atomic E-state index is 0.0340. The molecule has 0 spiro atoms. The van der Waals surface area contributed by atoms with Crippen LogP contribution >= 0.6 is 15.9 Å². The van der Waals surface area contributed by atoms with Crippen LogP contribution in [0.1, 0.15) is 18.1 Å². The summed E-state index contributed by atoms with van der Waals surface area (Å²) in [6, 6.07) is 11.6. The molecule has 2 aromatic carbocycles. The van der Waals surface area contributed by atoms with E-state index >= 15 is 0 Å². The molecule has 0 aromatic heterocycles. The summed E-state index contributed by atoms with van der Waals surface area (Å²) >= 11 is 3.34. The Bertz CT molecular complexity index is 712. The third-order valence-corrected chi connectivity index (χ3v) is 3.53. The molecule has 0 radical (unpaired) electrons. The molecule has 0 aliphatic rings. The van der Waals surface area contributed by atoms with Crippen molar-refractivity contribution in [1.29, 1.82) is 0 Å². The van der Waals surface area contributed by atoms with Crippen molar-refractivity contribution in [2.24, 2.45) is 5.10 Å². The smallest absolute Gasteiger partial charge is 0.244 e. The summed E-state index contributed by atoms with van der Waals surface area (Å²) in [4.78, 5) is 11.8. The van der Waals surface area contributed by atoms with Gasteiger partial charge in [0.15, 0.2) is 0 Å². The fourth-order valence-electron chi connectivity index (χ4n) is 1.86. The van der Waals surface area contributed by atoms with Crippen LogP contribution in [-0.4, -0.2) is 21.8 Å². The summed E-state index contributed by atoms with van der Waals surface area (Å²) in [5.41, 5.74) is 4.22. The molecule has 0 saturated carbocycles. The molecule has 2 rings (SSSR count). The van der Waals surface area contributed by atoms with E-state index in [1.165, 1.54) is 18.2 Å². The van der Waals surface area contributed by atoms with Gasteiger partial charge >= 0.3 is 0 Å². The van der Waals surface area contributed by atoms with E-state index < -0.39 is 0 Å².